The first-order chi connectivity index (χ1) is 16.6. The molecule has 0 saturated carbocycles. The Bertz CT molecular complexity index is 1350. The molecule has 0 aliphatic heterocycles. The fourth-order valence-electron chi connectivity index (χ4n) is 4.38. The Morgan fingerprint density at radius 3 is 1.57 bits per heavy atom. The molecule has 0 radical (unpaired) electrons. The molecular formula is C30H31NO4. The lowest BCUT2D eigenvalue weighted by Gasteiger charge is -2.31. The van der Waals surface area contributed by atoms with E-state index in [1.165, 1.54) is 0 Å². The average Bonchev–Trinajstić information content (AvgIpc) is 2.82. The highest BCUT2D eigenvalue weighted by Gasteiger charge is 2.23. The second kappa shape index (κ2) is 9.26. The van der Waals surface area contributed by atoms with Crippen LogP contribution in [0.25, 0.3) is 0 Å². The first-order valence-electron chi connectivity index (χ1n) is 11.5. The lowest BCUT2D eigenvalue weighted by Crippen LogP contribution is -2.15. The number of aromatic hydroxyl groups is 3. The predicted molar refractivity (Wildman–Crippen MR) is 141 cm³/mol. The van der Waals surface area contributed by atoms with Crippen LogP contribution in [0.1, 0.15) is 33.4 Å². The van der Waals surface area contributed by atoms with Crippen LogP contribution >= 0.6 is 0 Å². The molecule has 0 spiro atoms. The lowest BCUT2D eigenvalue weighted by molar-refractivity contribution is 0.458. The summed E-state index contributed by atoms with van der Waals surface area (Å²) in [6.07, 6.45) is 0. The molecule has 3 N–H and O–H groups in total. The first kappa shape index (κ1) is 24.0. The Kier molecular flexibility index (Phi) is 6.35. The zero-order valence-corrected chi connectivity index (χ0v) is 21.0. The molecule has 5 heteroatoms. The van der Waals surface area contributed by atoms with Gasteiger partial charge < -0.3 is 25.0 Å². The molecule has 180 valence electrons. The molecule has 0 saturated heterocycles. The summed E-state index contributed by atoms with van der Waals surface area (Å²) in [6.45, 7) is 11.5. The molecule has 0 aromatic heterocycles. The minimum absolute atomic E-state index is 0.212. The van der Waals surface area contributed by atoms with E-state index in [2.05, 4.69) is 4.90 Å². The van der Waals surface area contributed by atoms with Crippen molar-refractivity contribution in [3.8, 4) is 28.7 Å². The third-order valence-corrected chi connectivity index (χ3v) is 6.47. The maximum Gasteiger partial charge on any atom is 0.130 e. The highest BCUT2D eigenvalue weighted by molar-refractivity contribution is 5.85. The van der Waals surface area contributed by atoms with E-state index in [1.807, 2.05) is 84.0 Å². The van der Waals surface area contributed by atoms with Gasteiger partial charge in [0.2, 0.25) is 0 Å². The van der Waals surface area contributed by atoms with Gasteiger partial charge in [0.05, 0.1) is 11.4 Å². The van der Waals surface area contributed by atoms with Gasteiger partial charge in [-0.1, -0.05) is 12.1 Å². The summed E-state index contributed by atoms with van der Waals surface area (Å²) in [5.74, 6) is 2.02. The molecular weight excluding hydrogens is 438 g/mol. The van der Waals surface area contributed by atoms with Crippen molar-refractivity contribution in [3.05, 3.63) is 94.0 Å². The Balaban J connectivity index is 1.84. The van der Waals surface area contributed by atoms with Gasteiger partial charge in [-0.25, -0.2) is 0 Å². The number of nitrogens with zero attached hydrogens (tertiary/aromatic N) is 1. The molecule has 35 heavy (non-hydrogen) atoms. The fourth-order valence-corrected chi connectivity index (χ4v) is 4.38. The maximum absolute atomic E-state index is 10.5. The predicted octanol–water partition coefficient (Wildman–Crippen LogP) is 7.92. The smallest absolute Gasteiger partial charge is 0.130 e. The number of phenolic OH excluding ortho intramolecular Hbond substituents is 3. The van der Waals surface area contributed by atoms with Crippen LogP contribution in [0.15, 0.2) is 60.7 Å². The Labute approximate surface area is 206 Å². The molecule has 0 aliphatic carbocycles. The fraction of sp³-hybridized carbons (Fsp3) is 0.200. The number of aryl methyl sites for hydroxylation is 4. The summed E-state index contributed by atoms with van der Waals surface area (Å²) in [5.41, 5.74) is 7.68. The van der Waals surface area contributed by atoms with Gasteiger partial charge in [0, 0.05) is 16.8 Å². The molecule has 0 bridgehead atoms. The minimum Gasteiger partial charge on any atom is -0.508 e. The van der Waals surface area contributed by atoms with Gasteiger partial charge in [0.1, 0.15) is 28.7 Å². The molecule has 0 atom stereocenters. The number of rotatable bonds is 5. The second-order valence-corrected chi connectivity index (χ2v) is 9.09. The van der Waals surface area contributed by atoms with Crippen LogP contribution in [0, 0.1) is 41.5 Å². The van der Waals surface area contributed by atoms with Gasteiger partial charge in [0.25, 0.3) is 0 Å². The van der Waals surface area contributed by atoms with Crippen LogP contribution in [0.2, 0.25) is 0 Å². The van der Waals surface area contributed by atoms with E-state index in [4.69, 9.17) is 4.74 Å². The number of hydrogen-bond acceptors (Lipinski definition) is 5. The van der Waals surface area contributed by atoms with E-state index in [1.54, 1.807) is 18.2 Å². The van der Waals surface area contributed by atoms with Gasteiger partial charge in [0.15, 0.2) is 0 Å². The van der Waals surface area contributed by atoms with Crippen molar-refractivity contribution < 1.29 is 20.1 Å². The largest absolute Gasteiger partial charge is 0.508 e. The van der Waals surface area contributed by atoms with Crippen molar-refractivity contribution in [2.45, 2.75) is 41.5 Å². The molecule has 4 rings (SSSR count). The highest BCUT2D eigenvalue weighted by Crippen LogP contribution is 2.45. The summed E-state index contributed by atoms with van der Waals surface area (Å²) < 4.78 is 6.11. The van der Waals surface area contributed by atoms with Crippen LogP contribution in [0.4, 0.5) is 17.1 Å². The van der Waals surface area contributed by atoms with Gasteiger partial charge in [-0.3, -0.25) is 0 Å². The van der Waals surface area contributed by atoms with Crippen molar-refractivity contribution in [2.75, 3.05) is 4.90 Å². The van der Waals surface area contributed by atoms with Crippen molar-refractivity contribution >= 4 is 17.1 Å². The Morgan fingerprint density at radius 2 is 1.06 bits per heavy atom. The number of benzene rings is 4. The van der Waals surface area contributed by atoms with E-state index in [0.717, 1.165) is 50.4 Å². The zero-order valence-electron chi connectivity index (χ0n) is 21.0. The lowest BCUT2D eigenvalue weighted by atomic mass is 10.0. The molecule has 4 aromatic rings. The van der Waals surface area contributed by atoms with Crippen molar-refractivity contribution in [1.82, 2.24) is 0 Å². The Hall–Kier alpha value is -4.12. The maximum atomic E-state index is 10.5. The second-order valence-electron chi connectivity index (χ2n) is 9.09. The number of ether oxygens (including phenoxy) is 1. The summed E-state index contributed by atoms with van der Waals surface area (Å²) in [7, 11) is 0. The van der Waals surface area contributed by atoms with Crippen molar-refractivity contribution in [2.24, 2.45) is 0 Å². The summed E-state index contributed by atoms with van der Waals surface area (Å²) in [5, 5.41) is 31.0. The normalized spacial score (nSPS) is 10.9. The van der Waals surface area contributed by atoms with E-state index < -0.39 is 0 Å². The van der Waals surface area contributed by atoms with Gasteiger partial charge in [-0.2, -0.15) is 0 Å². The van der Waals surface area contributed by atoms with Gasteiger partial charge >= 0.3 is 0 Å². The monoisotopic (exact) mass is 469 g/mol. The van der Waals surface area contributed by atoms with Crippen LogP contribution < -0.4 is 9.64 Å². The first-order valence-corrected chi connectivity index (χ1v) is 11.5. The van der Waals surface area contributed by atoms with E-state index >= 15 is 0 Å². The summed E-state index contributed by atoms with van der Waals surface area (Å²) >= 11 is 0. The van der Waals surface area contributed by atoms with Crippen LogP contribution in [0.3, 0.4) is 0 Å². The highest BCUT2D eigenvalue weighted by atomic mass is 16.5. The van der Waals surface area contributed by atoms with E-state index in [9.17, 15) is 15.3 Å². The number of hydrogen-bond donors (Lipinski definition) is 3. The van der Waals surface area contributed by atoms with Crippen LogP contribution in [-0.4, -0.2) is 15.3 Å². The topological polar surface area (TPSA) is 73.2 Å². The average molecular weight is 470 g/mol. The molecule has 0 aliphatic rings. The quantitative estimate of drug-likeness (QED) is 0.277. The molecule has 0 fully saturated rings. The number of phenols is 3. The van der Waals surface area contributed by atoms with Gasteiger partial charge in [-0.05, 0) is 112 Å². The third kappa shape index (κ3) is 4.50. The minimum atomic E-state index is 0.212. The molecule has 5 nitrogen and oxygen atoms in total. The standard InChI is InChI=1S/C30H31NO4/c1-17-7-13-25(32)21(5)29(17)31(30-18(2)8-14-26(33)22(30)6)23-9-11-24(12-10-23)35-28-16-19(3)27(34)15-20(28)4/h7-16,32-34H,1-6H3. The summed E-state index contributed by atoms with van der Waals surface area (Å²) in [6, 6.07) is 18.4. The van der Waals surface area contributed by atoms with Crippen LogP contribution in [-0.2, 0) is 0 Å². The SMILES string of the molecule is Cc1cc(Oc2ccc(N(c3c(C)ccc(O)c3C)c3c(C)ccc(O)c3C)cc2)c(C)cc1O. The third-order valence-electron chi connectivity index (χ3n) is 6.47. The molecule has 0 heterocycles. The van der Waals surface area contributed by atoms with Crippen LogP contribution in [0.5, 0.6) is 28.7 Å². The molecule has 4 aromatic carbocycles. The van der Waals surface area contributed by atoms with Gasteiger partial charge in [-0.15, -0.1) is 0 Å². The van der Waals surface area contributed by atoms with Crippen molar-refractivity contribution in [3.63, 3.8) is 0 Å². The molecule has 0 amide bonds. The number of anilines is 3. The summed E-state index contributed by atoms with van der Waals surface area (Å²) in [4.78, 5) is 2.08. The zero-order chi connectivity index (χ0) is 25.4. The Morgan fingerprint density at radius 1 is 0.543 bits per heavy atom. The van der Waals surface area contributed by atoms with E-state index in [0.29, 0.717) is 11.5 Å². The van der Waals surface area contributed by atoms with Crippen molar-refractivity contribution in [1.29, 1.82) is 0 Å². The molecule has 0 unspecified atom stereocenters. The van der Waals surface area contributed by atoms with E-state index in [-0.39, 0.29) is 17.2 Å².